The first-order valence-electron chi connectivity index (χ1n) is 9.47. The molecule has 0 N–H and O–H groups in total. The summed E-state index contributed by atoms with van der Waals surface area (Å²) in [5.41, 5.74) is 4.60. The Hall–Kier alpha value is -3.16. The molecule has 1 amide bonds. The number of fused-ring (bicyclic) bond motifs is 1. The Morgan fingerprint density at radius 3 is 2.93 bits per heavy atom. The Labute approximate surface area is 163 Å². The number of hydrogen-bond donors (Lipinski definition) is 0. The van der Waals surface area contributed by atoms with Gasteiger partial charge in [-0.05, 0) is 19.9 Å². The second-order valence-corrected chi connectivity index (χ2v) is 6.96. The van der Waals surface area contributed by atoms with Gasteiger partial charge in [-0.25, -0.2) is 4.98 Å². The number of hydrogen-bond acceptors (Lipinski definition) is 5. The van der Waals surface area contributed by atoms with Crippen molar-refractivity contribution in [2.75, 3.05) is 6.54 Å². The largest absolute Gasteiger partial charge is 0.471 e. The van der Waals surface area contributed by atoms with Crippen LogP contribution in [0.3, 0.4) is 0 Å². The maximum atomic E-state index is 12.9. The third-order valence-electron chi connectivity index (χ3n) is 5.04. The molecule has 0 atom stereocenters. The number of aryl methyl sites for hydroxylation is 3. The second-order valence-electron chi connectivity index (χ2n) is 6.96. The van der Waals surface area contributed by atoms with Crippen molar-refractivity contribution in [3.05, 3.63) is 58.8 Å². The molecule has 8 heteroatoms. The number of ether oxygens (including phenoxy) is 1. The van der Waals surface area contributed by atoms with E-state index in [1.165, 1.54) is 0 Å². The van der Waals surface area contributed by atoms with Crippen molar-refractivity contribution in [3.8, 4) is 5.88 Å². The standard InChI is InChI=1S/C20H24N6O2/c1-4-26-11-15(10-21-26)20(27)25-9-8-18-16(12-25)17(23-24(18)3)13-28-19-7-5-6-14(2)22-19/h5-7,10-11H,4,8-9,12-13H2,1-3H3. The number of nitrogens with zero attached hydrogens (tertiary/aromatic N) is 6. The molecule has 0 saturated heterocycles. The molecule has 0 bridgehead atoms. The minimum absolute atomic E-state index is 0.00132. The van der Waals surface area contributed by atoms with Crippen LogP contribution >= 0.6 is 0 Å². The van der Waals surface area contributed by atoms with Crippen molar-refractivity contribution >= 4 is 5.91 Å². The van der Waals surface area contributed by atoms with E-state index >= 15 is 0 Å². The van der Waals surface area contributed by atoms with Crippen LogP contribution in [0.2, 0.25) is 0 Å². The van der Waals surface area contributed by atoms with Crippen molar-refractivity contribution in [1.29, 1.82) is 0 Å². The molecule has 0 fully saturated rings. The molecule has 4 heterocycles. The van der Waals surface area contributed by atoms with Gasteiger partial charge < -0.3 is 9.64 Å². The number of rotatable bonds is 5. The molecule has 3 aromatic rings. The molecule has 4 rings (SSSR count). The Balaban J connectivity index is 1.51. The lowest BCUT2D eigenvalue weighted by atomic mass is 10.0. The summed E-state index contributed by atoms with van der Waals surface area (Å²) in [5.74, 6) is 0.580. The van der Waals surface area contributed by atoms with E-state index in [1.807, 2.05) is 48.7 Å². The average molecular weight is 380 g/mol. The summed E-state index contributed by atoms with van der Waals surface area (Å²) in [6, 6.07) is 5.69. The normalized spacial score (nSPS) is 13.5. The lowest BCUT2D eigenvalue weighted by Crippen LogP contribution is -2.36. The Kier molecular flexibility index (Phi) is 4.85. The summed E-state index contributed by atoms with van der Waals surface area (Å²) >= 11 is 0. The molecule has 0 radical (unpaired) electrons. The first kappa shape index (κ1) is 18.2. The van der Waals surface area contributed by atoms with Crippen molar-refractivity contribution in [2.24, 2.45) is 7.05 Å². The van der Waals surface area contributed by atoms with E-state index in [9.17, 15) is 4.79 Å². The van der Waals surface area contributed by atoms with E-state index in [4.69, 9.17) is 4.74 Å². The van der Waals surface area contributed by atoms with Gasteiger partial charge in [-0.3, -0.25) is 14.2 Å². The predicted octanol–water partition coefficient (Wildman–Crippen LogP) is 2.12. The van der Waals surface area contributed by atoms with Crippen LogP contribution in [0.25, 0.3) is 0 Å². The minimum Gasteiger partial charge on any atom is -0.471 e. The van der Waals surface area contributed by atoms with Crippen molar-refractivity contribution < 1.29 is 9.53 Å². The third kappa shape index (κ3) is 3.49. The van der Waals surface area contributed by atoms with Gasteiger partial charge >= 0.3 is 0 Å². The average Bonchev–Trinajstić information content (AvgIpc) is 3.30. The van der Waals surface area contributed by atoms with Crippen LogP contribution in [0.1, 0.15) is 39.9 Å². The zero-order valence-electron chi connectivity index (χ0n) is 16.4. The fourth-order valence-electron chi connectivity index (χ4n) is 3.53. The van der Waals surface area contributed by atoms with Gasteiger partial charge in [0, 0.05) is 62.3 Å². The van der Waals surface area contributed by atoms with Crippen molar-refractivity contribution in [1.82, 2.24) is 29.4 Å². The number of amides is 1. The quantitative estimate of drug-likeness (QED) is 0.677. The van der Waals surface area contributed by atoms with Gasteiger partial charge in [0.05, 0.1) is 11.8 Å². The highest BCUT2D eigenvalue weighted by molar-refractivity contribution is 5.93. The summed E-state index contributed by atoms with van der Waals surface area (Å²) in [5, 5.41) is 8.84. The maximum Gasteiger partial charge on any atom is 0.257 e. The third-order valence-corrected chi connectivity index (χ3v) is 5.04. The molecule has 28 heavy (non-hydrogen) atoms. The summed E-state index contributed by atoms with van der Waals surface area (Å²) in [6.45, 7) is 6.20. The number of pyridine rings is 1. The van der Waals surface area contributed by atoms with Crippen LogP contribution < -0.4 is 4.74 Å². The van der Waals surface area contributed by atoms with Gasteiger partial charge in [0.1, 0.15) is 12.3 Å². The zero-order valence-corrected chi connectivity index (χ0v) is 16.4. The van der Waals surface area contributed by atoms with Gasteiger partial charge in [-0.1, -0.05) is 6.07 Å². The fraction of sp³-hybridized carbons (Fsp3) is 0.400. The highest BCUT2D eigenvalue weighted by Gasteiger charge is 2.28. The van der Waals surface area contributed by atoms with Crippen LogP contribution in [-0.4, -0.2) is 41.9 Å². The van der Waals surface area contributed by atoms with Gasteiger partial charge in [-0.2, -0.15) is 10.2 Å². The van der Waals surface area contributed by atoms with Gasteiger partial charge in [0.25, 0.3) is 5.91 Å². The molecule has 0 aromatic carbocycles. The van der Waals surface area contributed by atoms with Gasteiger partial charge in [0.15, 0.2) is 0 Å². The molecule has 0 unspecified atom stereocenters. The van der Waals surface area contributed by atoms with E-state index in [1.54, 1.807) is 17.1 Å². The van der Waals surface area contributed by atoms with Gasteiger partial charge in [0.2, 0.25) is 5.88 Å². The predicted molar refractivity (Wildman–Crippen MR) is 103 cm³/mol. The monoisotopic (exact) mass is 380 g/mol. The summed E-state index contributed by atoms with van der Waals surface area (Å²) in [6.07, 6.45) is 4.21. The summed E-state index contributed by atoms with van der Waals surface area (Å²) < 4.78 is 9.51. The van der Waals surface area contributed by atoms with E-state index < -0.39 is 0 Å². The Morgan fingerprint density at radius 2 is 2.18 bits per heavy atom. The van der Waals surface area contributed by atoms with Crippen LogP contribution in [0, 0.1) is 6.92 Å². The molecular formula is C20H24N6O2. The highest BCUT2D eigenvalue weighted by atomic mass is 16.5. The van der Waals surface area contributed by atoms with E-state index in [0.717, 1.165) is 35.6 Å². The summed E-state index contributed by atoms with van der Waals surface area (Å²) in [4.78, 5) is 19.1. The molecule has 0 aliphatic carbocycles. The Bertz CT molecular complexity index is 1010. The van der Waals surface area contributed by atoms with E-state index in [0.29, 0.717) is 31.1 Å². The molecule has 3 aromatic heterocycles. The number of carbonyl (C=O) groups is 1. The topological polar surface area (TPSA) is 78.1 Å². The molecule has 0 spiro atoms. The number of carbonyl (C=O) groups excluding carboxylic acids is 1. The zero-order chi connectivity index (χ0) is 19.7. The second kappa shape index (κ2) is 7.46. The van der Waals surface area contributed by atoms with Crippen molar-refractivity contribution in [3.63, 3.8) is 0 Å². The molecule has 1 aliphatic heterocycles. The molecule has 1 aliphatic rings. The maximum absolute atomic E-state index is 12.9. The van der Waals surface area contributed by atoms with Crippen LogP contribution in [0.15, 0.2) is 30.6 Å². The van der Waals surface area contributed by atoms with E-state index in [-0.39, 0.29) is 5.91 Å². The SMILES string of the molecule is CCn1cc(C(=O)N2CCc3c(c(COc4cccc(C)n4)nn3C)C2)cn1. The van der Waals surface area contributed by atoms with E-state index in [2.05, 4.69) is 15.2 Å². The first-order valence-corrected chi connectivity index (χ1v) is 9.47. The smallest absolute Gasteiger partial charge is 0.257 e. The Morgan fingerprint density at radius 1 is 1.32 bits per heavy atom. The molecular weight excluding hydrogens is 356 g/mol. The first-order chi connectivity index (χ1) is 13.5. The molecule has 0 saturated carbocycles. The van der Waals surface area contributed by atoms with Gasteiger partial charge in [-0.15, -0.1) is 0 Å². The highest BCUT2D eigenvalue weighted by Crippen LogP contribution is 2.24. The van der Waals surface area contributed by atoms with Crippen LogP contribution in [0.5, 0.6) is 5.88 Å². The van der Waals surface area contributed by atoms with Crippen LogP contribution in [-0.2, 0) is 33.2 Å². The number of aromatic nitrogens is 5. The van der Waals surface area contributed by atoms with Crippen molar-refractivity contribution in [2.45, 2.75) is 40.0 Å². The molecule has 8 nitrogen and oxygen atoms in total. The fourth-order valence-corrected chi connectivity index (χ4v) is 3.53. The van der Waals surface area contributed by atoms with Crippen LogP contribution in [0.4, 0.5) is 0 Å². The molecule has 146 valence electrons. The lowest BCUT2D eigenvalue weighted by molar-refractivity contribution is 0.0732. The minimum atomic E-state index is 0.00132. The summed E-state index contributed by atoms with van der Waals surface area (Å²) in [7, 11) is 1.94. The lowest BCUT2D eigenvalue weighted by Gasteiger charge is -2.27.